The maximum Gasteiger partial charge on any atom is 0.240 e. The van der Waals surface area contributed by atoms with Crippen LogP contribution in [0.1, 0.15) is 34.5 Å². The summed E-state index contributed by atoms with van der Waals surface area (Å²) in [5.74, 6) is -0.181. The molecule has 8 heteroatoms. The monoisotopic (exact) mass is 468 g/mol. The lowest BCUT2D eigenvalue weighted by atomic mass is 10.0. The molecule has 33 heavy (non-hydrogen) atoms. The van der Waals surface area contributed by atoms with Gasteiger partial charge in [0.25, 0.3) is 0 Å². The molecule has 2 atom stereocenters. The van der Waals surface area contributed by atoms with Gasteiger partial charge in [0.05, 0.1) is 12.6 Å². The molecule has 1 saturated heterocycles. The van der Waals surface area contributed by atoms with Crippen molar-refractivity contribution in [1.82, 2.24) is 20.1 Å². The number of likely N-dealkylation sites (tertiary alicyclic amines) is 1. The van der Waals surface area contributed by atoms with Crippen LogP contribution in [0.5, 0.6) is 0 Å². The largest absolute Gasteiger partial charge is 0.338 e. The molecule has 0 N–H and O–H groups in total. The van der Waals surface area contributed by atoms with E-state index in [9.17, 15) is 9.18 Å². The summed E-state index contributed by atoms with van der Waals surface area (Å²) < 4.78 is 18.1. The van der Waals surface area contributed by atoms with Crippen LogP contribution in [0, 0.1) is 26.6 Å². The Morgan fingerprint density at radius 1 is 1.18 bits per heavy atom. The van der Waals surface area contributed by atoms with Crippen LogP contribution < -0.4 is 0 Å². The molecule has 0 bridgehead atoms. The lowest BCUT2D eigenvalue weighted by Gasteiger charge is -2.28. The number of benzene rings is 2. The topological polar surface area (TPSA) is 62.5 Å². The van der Waals surface area contributed by atoms with Gasteiger partial charge in [-0.2, -0.15) is 0 Å². The average Bonchev–Trinajstić information content (AvgIpc) is 3.37. The molecule has 3 aromatic rings. The van der Waals surface area contributed by atoms with E-state index in [1.807, 2.05) is 6.92 Å². The number of carbonyl (C=O) groups is 1. The molecule has 1 amide bonds. The number of hydrogen-bond donors (Lipinski definition) is 0. The lowest BCUT2D eigenvalue weighted by Crippen LogP contribution is -2.43. The van der Waals surface area contributed by atoms with Crippen LogP contribution in [-0.2, 0) is 17.9 Å². The Morgan fingerprint density at radius 3 is 2.64 bits per heavy atom. The molecule has 1 aromatic heterocycles. The Hall–Kier alpha value is -2.71. The van der Waals surface area contributed by atoms with Gasteiger partial charge < -0.3 is 4.90 Å². The lowest BCUT2D eigenvalue weighted by molar-refractivity contribution is -0.135. The van der Waals surface area contributed by atoms with Gasteiger partial charge >= 0.3 is 0 Å². The van der Waals surface area contributed by atoms with Crippen molar-refractivity contribution in [3.05, 3.63) is 76.4 Å². The van der Waals surface area contributed by atoms with Crippen molar-refractivity contribution in [1.29, 1.82) is 0 Å². The van der Waals surface area contributed by atoms with Crippen molar-refractivity contribution >= 4 is 17.7 Å². The van der Waals surface area contributed by atoms with Gasteiger partial charge in [0.1, 0.15) is 17.2 Å². The van der Waals surface area contributed by atoms with Crippen molar-refractivity contribution in [2.45, 2.75) is 56.5 Å². The van der Waals surface area contributed by atoms with Gasteiger partial charge in [-0.05, 0) is 62.6 Å². The van der Waals surface area contributed by atoms with Gasteiger partial charge in [-0.1, -0.05) is 34.1 Å². The zero-order valence-electron chi connectivity index (χ0n) is 19.4. The molecule has 0 aliphatic carbocycles. The number of thioether (sulfide) groups is 1. The Kier molecular flexibility index (Phi) is 7.14. The Balaban J connectivity index is 1.53. The van der Waals surface area contributed by atoms with Gasteiger partial charge in [-0.3, -0.25) is 9.69 Å². The normalized spacial score (nSPS) is 18.6. The van der Waals surface area contributed by atoms with Crippen LogP contribution in [0.4, 0.5) is 4.39 Å². The number of amides is 1. The van der Waals surface area contributed by atoms with E-state index in [-0.39, 0.29) is 23.0 Å². The van der Waals surface area contributed by atoms with E-state index in [0.29, 0.717) is 24.5 Å². The first kappa shape index (κ1) is 23.4. The smallest absolute Gasteiger partial charge is 0.240 e. The molecule has 2 heterocycles. The quantitative estimate of drug-likeness (QED) is 0.508. The Labute approximate surface area is 198 Å². The fourth-order valence-electron chi connectivity index (χ4n) is 4.22. The zero-order chi connectivity index (χ0) is 23.5. The van der Waals surface area contributed by atoms with E-state index in [2.05, 4.69) is 47.3 Å². The number of carbonyl (C=O) groups excluding carboxylic acids is 1. The maximum atomic E-state index is 13.5. The minimum atomic E-state index is -0.243. The van der Waals surface area contributed by atoms with E-state index in [1.165, 1.54) is 28.8 Å². The molecule has 1 aliphatic rings. The van der Waals surface area contributed by atoms with E-state index < -0.39 is 0 Å². The van der Waals surface area contributed by atoms with Crippen molar-refractivity contribution in [2.75, 3.05) is 13.6 Å². The third kappa shape index (κ3) is 5.62. The average molecular weight is 469 g/mol. The number of hydrogen-bond acceptors (Lipinski definition) is 6. The van der Waals surface area contributed by atoms with Gasteiger partial charge in [-0.15, -0.1) is 11.8 Å². The number of rotatable bonds is 7. The third-order valence-electron chi connectivity index (χ3n) is 6.15. The summed E-state index contributed by atoms with van der Waals surface area (Å²) in [7, 11) is 1.80. The van der Waals surface area contributed by atoms with Crippen molar-refractivity contribution in [3.8, 4) is 0 Å². The van der Waals surface area contributed by atoms with Gasteiger partial charge in [0.2, 0.25) is 5.91 Å². The highest BCUT2D eigenvalue weighted by molar-refractivity contribution is 8.00. The van der Waals surface area contributed by atoms with Gasteiger partial charge in [-0.25, -0.2) is 9.02 Å². The van der Waals surface area contributed by atoms with Crippen LogP contribution in [0.25, 0.3) is 0 Å². The molecule has 1 fully saturated rings. The minimum absolute atomic E-state index is 0.0601. The molecule has 1 aliphatic heterocycles. The van der Waals surface area contributed by atoms with Crippen LogP contribution in [0.2, 0.25) is 0 Å². The summed E-state index contributed by atoms with van der Waals surface area (Å²) in [6.07, 6.45) is 0.728. The molecule has 0 radical (unpaired) electrons. The summed E-state index contributed by atoms with van der Waals surface area (Å²) in [5.41, 5.74) is 5.03. The van der Waals surface area contributed by atoms with Crippen molar-refractivity contribution in [3.63, 3.8) is 0 Å². The summed E-state index contributed by atoms with van der Waals surface area (Å²) in [6.45, 7) is 7.87. The SMILES string of the molecule is Cc1ccc(C)c(CN2C[C@H](Sc3ccc(F)cc3)C[C@H]2C(=O)N(C)Cc2nonc2C)c1. The molecule has 6 nitrogen and oxygen atoms in total. The summed E-state index contributed by atoms with van der Waals surface area (Å²) in [6, 6.07) is 12.8. The van der Waals surface area contributed by atoms with E-state index in [4.69, 9.17) is 4.63 Å². The number of aromatic nitrogens is 2. The minimum Gasteiger partial charge on any atom is -0.338 e. The van der Waals surface area contributed by atoms with Crippen LogP contribution in [-0.4, -0.2) is 50.9 Å². The molecular formula is C25H29FN4O2S. The fourth-order valence-corrected chi connectivity index (χ4v) is 5.45. The summed E-state index contributed by atoms with van der Waals surface area (Å²) in [4.78, 5) is 18.5. The van der Waals surface area contributed by atoms with Crippen LogP contribution in [0.3, 0.4) is 0 Å². The Bertz CT molecular complexity index is 1120. The second-order valence-corrected chi connectivity index (χ2v) is 10.2. The van der Waals surface area contributed by atoms with Gasteiger partial charge in [0.15, 0.2) is 0 Å². The number of aryl methyl sites for hydroxylation is 3. The van der Waals surface area contributed by atoms with E-state index in [0.717, 1.165) is 17.9 Å². The third-order valence-corrected chi connectivity index (χ3v) is 7.37. The second kappa shape index (κ2) is 10.1. The van der Waals surface area contributed by atoms with Crippen LogP contribution in [0.15, 0.2) is 52.0 Å². The summed E-state index contributed by atoms with van der Waals surface area (Å²) >= 11 is 1.71. The second-order valence-electron chi connectivity index (χ2n) is 8.80. The van der Waals surface area contributed by atoms with Crippen LogP contribution >= 0.6 is 11.8 Å². The highest BCUT2D eigenvalue weighted by atomic mass is 32.2. The molecule has 0 spiro atoms. The first-order valence-electron chi connectivity index (χ1n) is 11.1. The first-order chi connectivity index (χ1) is 15.8. The van der Waals surface area contributed by atoms with E-state index in [1.54, 1.807) is 35.8 Å². The highest BCUT2D eigenvalue weighted by Crippen LogP contribution is 2.35. The van der Waals surface area contributed by atoms with Crippen molar-refractivity contribution < 1.29 is 13.8 Å². The molecule has 2 aromatic carbocycles. The fraction of sp³-hybridized carbons (Fsp3) is 0.400. The van der Waals surface area contributed by atoms with Crippen molar-refractivity contribution in [2.24, 2.45) is 0 Å². The predicted molar refractivity (Wildman–Crippen MR) is 126 cm³/mol. The molecule has 0 unspecified atom stereocenters. The number of nitrogens with zero attached hydrogens (tertiary/aromatic N) is 4. The standard InChI is InChI=1S/C25H29FN4O2S/c1-16-5-6-17(2)19(11-16)13-30-14-22(33-21-9-7-20(26)8-10-21)12-24(30)25(31)29(4)15-23-18(3)27-32-28-23/h5-11,22,24H,12-15H2,1-4H3/t22-,24+/m1/s1. The van der Waals surface area contributed by atoms with Gasteiger partial charge in [0, 0.05) is 30.3 Å². The zero-order valence-corrected chi connectivity index (χ0v) is 20.2. The molecular weight excluding hydrogens is 439 g/mol. The Morgan fingerprint density at radius 2 is 1.94 bits per heavy atom. The molecule has 174 valence electrons. The highest BCUT2D eigenvalue weighted by Gasteiger charge is 2.39. The molecule has 0 saturated carbocycles. The van der Waals surface area contributed by atoms with E-state index >= 15 is 0 Å². The molecule has 4 rings (SSSR count). The summed E-state index contributed by atoms with van der Waals surface area (Å²) in [5, 5.41) is 7.97. The predicted octanol–water partition coefficient (Wildman–Crippen LogP) is 4.53. The number of likely N-dealkylation sites (N-methyl/N-ethyl adjacent to an activating group) is 1. The first-order valence-corrected chi connectivity index (χ1v) is 11.9. The number of halogens is 1. The maximum absolute atomic E-state index is 13.5.